The molecule has 4 aromatic rings. The molecule has 1 aliphatic rings. The maximum atomic E-state index is 10.6. The molecule has 4 N–H and O–H groups in total. The molecule has 0 bridgehead atoms. The number of pyridine rings is 1. The molecule has 0 aliphatic carbocycles. The van der Waals surface area contributed by atoms with Crippen LogP contribution in [0.2, 0.25) is 5.15 Å². The molecule has 5 heterocycles. The number of aromatic amines is 1. The van der Waals surface area contributed by atoms with Crippen molar-refractivity contribution < 1.29 is 23.1 Å². The van der Waals surface area contributed by atoms with E-state index in [1.165, 1.54) is 6.33 Å². The van der Waals surface area contributed by atoms with E-state index in [9.17, 15) is 18.4 Å². The Morgan fingerprint density at radius 3 is 2.82 bits per heavy atom. The summed E-state index contributed by atoms with van der Waals surface area (Å²) in [5.74, 6) is -1.83. The van der Waals surface area contributed by atoms with E-state index in [-0.39, 0.29) is 12.0 Å². The number of aromatic nitrogens is 6. The number of nitriles is 1. The van der Waals surface area contributed by atoms with Crippen LogP contribution in [-0.4, -0.2) is 60.1 Å². The van der Waals surface area contributed by atoms with Crippen LogP contribution in [0, 0.1) is 17.2 Å². The fourth-order valence-electron chi connectivity index (χ4n) is 4.30. The highest BCUT2D eigenvalue weighted by Crippen LogP contribution is 2.35. The van der Waals surface area contributed by atoms with E-state index >= 15 is 0 Å². The quantitative estimate of drug-likeness (QED) is 0.312. The second kappa shape index (κ2) is 10.9. The standard InChI is InChI=1S/C21H20ClN9.C2HF3O2/c22-18-2-1-16(24)21(29-18)30-8-5-13(10-30)17(3-6-23)31-11-14(9-28-31)19-15-4-7-25-20(15)27-12-26-19;3-2(4,5)1(6)7/h1-2,4,7,9,11-13,17H,3,5,8,10,24H2,(H,25,26,27);(H,6,7)/t13-,17-;/m0./s1. The van der Waals surface area contributed by atoms with Gasteiger partial charge in [-0.15, -0.1) is 0 Å². The third-order valence-electron chi connectivity index (χ3n) is 6.05. The highest BCUT2D eigenvalue weighted by atomic mass is 35.5. The minimum Gasteiger partial charge on any atom is -0.475 e. The molecule has 0 amide bonds. The Balaban J connectivity index is 0.000000426. The summed E-state index contributed by atoms with van der Waals surface area (Å²) in [5, 5.41) is 22.6. The van der Waals surface area contributed by atoms with E-state index in [4.69, 9.17) is 27.2 Å². The molecule has 2 atom stereocenters. The second-order valence-corrected chi connectivity index (χ2v) is 8.83. The van der Waals surface area contributed by atoms with Gasteiger partial charge < -0.3 is 20.7 Å². The van der Waals surface area contributed by atoms with Gasteiger partial charge in [0.05, 0.1) is 36.1 Å². The molecule has 15 heteroatoms. The van der Waals surface area contributed by atoms with Crippen LogP contribution in [0.25, 0.3) is 22.3 Å². The van der Waals surface area contributed by atoms with Crippen LogP contribution < -0.4 is 10.6 Å². The number of fused-ring (bicyclic) bond motifs is 1. The number of nitrogens with two attached hydrogens (primary N) is 1. The molecular formula is C23H21ClF3N9O2. The zero-order chi connectivity index (χ0) is 27.4. The molecule has 0 saturated carbocycles. The highest BCUT2D eigenvalue weighted by molar-refractivity contribution is 6.29. The number of alkyl halides is 3. The Labute approximate surface area is 218 Å². The number of carboxylic acids is 1. The van der Waals surface area contributed by atoms with Gasteiger partial charge in [0.25, 0.3) is 0 Å². The third-order valence-corrected chi connectivity index (χ3v) is 6.26. The zero-order valence-corrected chi connectivity index (χ0v) is 20.4. The van der Waals surface area contributed by atoms with Gasteiger partial charge in [-0.25, -0.2) is 19.7 Å². The number of halogens is 4. The molecule has 1 fully saturated rings. The number of aliphatic carboxylic acids is 1. The first-order valence-electron chi connectivity index (χ1n) is 11.2. The Hall–Kier alpha value is -4.38. The number of nitrogens with one attached hydrogen (secondary N) is 1. The zero-order valence-electron chi connectivity index (χ0n) is 19.6. The summed E-state index contributed by atoms with van der Waals surface area (Å²) >= 11 is 6.07. The Bertz CT molecular complexity index is 1480. The number of anilines is 2. The topological polar surface area (TPSA) is 163 Å². The molecule has 38 heavy (non-hydrogen) atoms. The van der Waals surface area contributed by atoms with E-state index in [1.54, 1.807) is 18.3 Å². The lowest BCUT2D eigenvalue weighted by molar-refractivity contribution is -0.192. The highest BCUT2D eigenvalue weighted by Gasteiger charge is 2.38. The van der Waals surface area contributed by atoms with Crippen molar-refractivity contribution >= 4 is 40.1 Å². The minimum atomic E-state index is -5.08. The summed E-state index contributed by atoms with van der Waals surface area (Å²) < 4.78 is 33.6. The molecule has 198 valence electrons. The molecule has 1 saturated heterocycles. The van der Waals surface area contributed by atoms with Crippen LogP contribution >= 0.6 is 11.6 Å². The van der Waals surface area contributed by atoms with Gasteiger partial charge in [0.15, 0.2) is 5.82 Å². The summed E-state index contributed by atoms with van der Waals surface area (Å²) in [7, 11) is 0. The van der Waals surface area contributed by atoms with E-state index in [0.717, 1.165) is 41.8 Å². The van der Waals surface area contributed by atoms with Crippen molar-refractivity contribution in [1.82, 2.24) is 29.7 Å². The number of carboxylic acid groups (broad SMARTS) is 1. The number of nitrogen functional groups attached to an aromatic ring is 1. The van der Waals surface area contributed by atoms with Crippen LogP contribution in [0.15, 0.2) is 43.1 Å². The smallest absolute Gasteiger partial charge is 0.475 e. The molecule has 5 rings (SSSR count). The first-order chi connectivity index (χ1) is 18.1. The van der Waals surface area contributed by atoms with Crippen molar-refractivity contribution in [2.75, 3.05) is 23.7 Å². The van der Waals surface area contributed by atoms with E-state index in [2.05, 4.69) is 36.0 Å². The summed E-state index contributed by atoms with van der Waals surface area (Å²) in [5.41, 5.74) is 9.21. The van der Waals surface area contributed by atoms with E-state index in [0.29, 0.717) is 23.1 Å². The van der Waals surface area contributed by atoms with Gasteiger partial charge in [0, 0.05) is 42.4 Å². The van der Waals surface area contributed by atoms with E-state index in [1.807, 2.05) is 23.1 Å². The summed E-state index contributed by atoms with van der Waals surface area (Å²) in [6.45, 7) is 1.53. The van der Waals surface area contributed by atoms with Gasteiger partial charge in [0.2, 0.25) is 0 Å². The summed E-state index contributed by atoms with van der Waals surface area (Å²) in [6, 6.07) is 7.67. The Kier molecular flexibility index (Phi) is 7.67. The van der Waals surface area contributed by atoms with Gasteiger partial charge in [-0.1, -0.05) is 11.6 Å². The molecular weight excluding hydrogens is 527 g/mol. The number of rotatable bonds is 5. The van der Waals surface area contributed by atoms with Crippen molar-refractivity contribution in [2.24, 2.45) is 5.92 Å². The van der Waals surface area contributed by atoms with Gasteiger partial charge in [-0.2, -0.15) is 23.5 Å². The fraction of sp³-hybridized carbons (Fsp3) is 0.304. The van der Waals surface area contributed by atoms with Gasteiger partial charge in [0.1, 0.15) is 17.1 Å². The average Bonchev–Trinajstić information content (AvgIpc) is 3.64. The fourth-order valence-corrected chi connectivity index (χ4v) is 4.44. The largest absolute Gasteiger partial charge is 0.490 e. The number of carbonyl (C=O) groups is 1. The lowest BCUT2D eigenvalue weighted by atomic mass is 9.96. The van der Waals surface area contributed by atoms with Crippen molar-refractivity contribution in [2.45, 2.75) is 25.1 Å². The van der Waals surface area contributed by atoms with Crippen molar-refractivity contribution in [3.8, 4) is 17.3 Å². The summed E-state index contributed by atoms with van der Waals surface area (Å²) in [4.78, 5) is 27.2. The number of hydrogen-bond acceptors (Lipinski definition) is 8. The van der Waals surface area contributed by atoms with Gasteiger partial charge in [-0.05, 0) is 24.6 Å². The number of nitrogens with zero attached hydrogens (tertiary/aromatic N) is 7. The monoisotopic (exact) mass is 547 g/mol. The third kappa shape index (κ3) is 5.78. The lowest BCUT2D eigenvalue weighted by Gasteiger charge is -2.23. The average molecular weight is 548 g/mol. The molecule has 1 aliphatic heterocycles. The summed E-state index contributed by atoms with van der Waals surface area (Å²) in [6.07, 6.45) is 3.32. The van der Waals surface area contributed by atoms with Crippen LogP contribution in [0.3, 0.4) is 0 Å². The second-order valence-electron chi connectivity index (χ2n) is 8.45. The predicted octanol–water partition coefficient (Wildman–Crippen LogP) is 4.07. The number of hydrogen-bond donors (Lipinski definition) is 3. The van der Waals surface area contributed by atoms with Gasteiger partial charge in [-0.3, -0.25) is 4.68 Å². The molecule has 0 spiro atoms. The van der Waals surface area contributed by atoms with E-state index < -0.39 is 12.1 Å². The van der Waals surface area contributed by atoms with Crippen LogP contribution in [0.5, 0.6) is 0 Å². The normalized spacial score (nSPS) is 16.1. The first kappa shape index (κ1) is 26.7. The molecule has 0 aromatic carbocycles. The maximum absolute atomic E-state index is 10.6. The Morgan fingerprint density at radius 2 is 2.11 bits per heavy atom. The predicted molar refractivity (Wildman–Crippen MR) is 132 cm³/mol. The Morgan fingerprint density at radius 1 is 1.34 bits per heavy atom. The van der Waals surface area contributed by atoms with Crippen LogP contribution in [0.1, 0.15) is 18.9 Å². The minimum absolute atomic E-state index is 0.0623. The molecule has 0 unspecified atom stereocenters. The maximum Gasteiger partial charge on any atom is 0.490 e. The van der Waals surface area contributed by atoms with Crippen LogP contribution in [-0.2, 0) is 4.79 Å². The molecule has 11 nitrogen and oxygen atoms in total. The first-order valence-corrected chi connectivity index (χ1v) is 11.6. The van der Waals surface area contributed by atoms with Crippen LogP contribution in [0.4, 0.5) is 24.7 Å². The molecule has 0 radical (unpaired) electrons. The number of H-pyrrole nitrogens is 1. The SMILES string of the molecule is N#CC[C@@H]([C@H]1CCN(c2nc(Cl)ccc2N)C1)n1cc(-c2ncnc3[nH]ccc23)cn1.O=C(O)C(F)(F)F. The van der Waals surface area contributed by atoms with Crippen molar-refractivity contribution in [3.63, 3.8) is 0 Å². The lowest BCUT2D eigenvalue weighted by Crippen LogP contribution is -2.26. The molecule has 4 aromatic heterocycles. The van der Waals surface area contributed by atoms with Gasteiger partial charge >= 0.3 is 12.1 Å². The van der Waals surface area contributed by atoms with Crippen molar-refractivity contribution in [3.05, 3.63) is 48.3 Å². The van der Waals surface area contributed by atoms with Crippen molar-refractivity contribution in [1.29, 1.82) is 5.26 Å².